The molecule has 0 unspecified atom stereocenters. The summed E-state index contributed by atoms with van der Waals surface area (Å²) in [6, 6.07) is 21.6. The maximum Gasteiger partial charge on any atom is 0.350 e. The Kier molecular flexibility index (Phi) is 13.0. The first-order valence-corrected chi connectivity index (χ1v) is 14.3. The van der Waals surface area contributed by atoms with Crippen molar-refractivity contribution in [2.45, 2.75) is 44.6 Å². The Labute approximate surface area is 224 Å². The predicted octanol–water partition coefficient (Wildman–Crippen LogP) is -6.77. The van der Waals surface area contributed by atoms with Crippen LogP contribution >= 0.6 is 0 Å². The molecule has 1 N–H and O–H groups in total. The third-order valence-corrected chi connectivity index (χ3v) is 5.94. The number of likely N-dealkylation sites (tertiary alicyclic amines) is 1. The van der Waals surface area contributed by atoms with Gasteiger partial charge in [-0.05, 0) is 12.0 Å². The highest BCUT2D eigenvalue weighted by Gasteiger charge is 2.36. The number of para-hydroxylation sites is 1. The fraction of sp³-hybridized carbons (Fsp3) is 0.417. The number of halogens is 2. The minimum Gasteiger partial charge on any atom is -0.374 e. The normalized spacial score (nSPS) is 21.2. The van der Waals surface area contributed by atoms with E-state index in [0.29, 0.717) is 12.5 Å². The quantitative estimate of drug-likeness (QED) is 0.262. The lowest BCUT2D eigenvalue weighted by atomic mass is 10.0. The molecule has 0 bridgehead atoms. The van der Waals surface area contributed by atoms with E-state index >= 15 is 0 Å². The molecule has 2 fully saturated rings. The SMILES string of the molecule is O=C1CCCC(=[N+](c2ccccc2)C2CC[NH+](CCc3ccccc3)CC2)O1.[O-][Cl+3]([O-])([O-])[O-].[O-][Cl+3]([O-])([O-])[O-]. The summed E-state index contributed by atoms with van der Waals surface area (Å²) in [4.78, 5) is 13.6. The van der Waals surface area contributed by atoms with Crippen molar-refractivity contribution in [3.05, 3.63) is 66.2 Å². The second-order valence-electron chi connectivity index (χ2n) is 8.65. The van der Waals surface area contributed by atoms with Crippen LogP contribution in [-0.4, -0.2) is 42.1 Å². The van der Waals surface area contributed by atoms with Gasteiger partial charge in [-0.3, -0.25) is 4.79 Å². The van der Waals surface area contributed by atoms with Crippen molar-refractivity contribution in [1.82, 2.24) is 0 Å². The zero-order valence-corrected chi connectivity index (χ0v) is 22.0. The van der Waals surface area contributed by atoms with Crippen LogP contribution in [0.25, 0.3) is 0 Å². The highest BCUT2D eigenvalue weighted by Crippen LogP contribution is 2.22. The van der Waals surface area contributed by atoms with E-state index in [1.165, 1.54) is 25.2 Å². The molecule has 4 rings (SSSR count). The first kappa shape index (κ1) is 32.0. The van der Waals surface area contributed by atoms with Crippen molar-refractivity contribution in [3.8, 4) is 0 Å². The summed E-state index contributed by atoms with van der Waals surface area (Å²) in [5, 5.41) is 0. The Bertz CT molecular complexity index is 982. The van der Waals surface area contributed by atoms with E-state index in [1.807, 2.05) is 6.07 Å². The average molecular weight is 577 g/mol. The number of piperidine rings is 1. The zero-order chi connectivity index (χ0) is 28.2. The topological polar surface area (TPSA) is 218 Å². The van der Waals surface area contributed by atoms with Crippen molar-refractivity contribution in [1.29, 1.82) is 0 Å². The van der Waals surface area contributed by atoms with Crippen LogP contribution in [-0.2, 0) is 16.0 Å². The molecule has 2 heterocycles. The lowest BCUT2D eigenvalue weighted by Gasteiger charge is -2.28. The van der Waals surface area contributed by atoms with Crippen LogP contribution in [0.3, 0.4) is 0 Å². The van der Waals surface area contributed by atoms with Crippen LogP contribution in [0.5, 0.6) is 0 Å². The lowest BCUT2D eigenvalue weighted by molar-refractivity contribution is -2.00. The first-order valence-electron chi connectivity index (χ1n) is 11.8. The average Bonchev–Trinajstić information content (AvgIpc) is 2.83. The number of benzene rings is 2. The van der Waals surface area contributed by atoms with Crippen LogP contribution in [0.15, 0.2) is 60.7 Å². The number of ether oxygens (including phenoxy) is 1. The Morgan fingerprint density at radius 2 is 1.29 bits per heavy atom. The van der Waals surface area contributed by atoms with Crippen molar-refractivity contribution in [2.24, 2.45) is 0 Å². The third-order valence-electron chi connectivity index (χ3n) is 5.94. The third kappa shape index (κ3) is 14.1. The number of rotatable bonds is 5. The number of hydrogen-bond donors (Lipinski definition) is 1. The van der Waals surface area contributed by atoms with Crippen molar-refractivity contribution >= 4 is 17.6 Å². The van der Waals surface area contributed by atoms with Crippen molar-refractivity contribution in [2.75, 3.05) is 19.6 Å². The smallest absolute Gasteiger partial charge is 0.350 e. The molecule has 0 spiro atoms. The van der Waals surface area contributed by atoms with Gasteiger partial charge in [0.15, 0.2) is 6.04 Å². The van der Waals surface area contributed by atoms with Gasteiger partial charge in [-0.25, -0.2) is 37.3 Å². The Hall–Kier alpha value is -2.20. The first-order chi connectivity index (χ1) is 17.8. The zero-order valence-electron chi connectivity index (χ0n) is 20.5. The highest BCUT2D eigenvalue weighted by atomic mass is 35.7. The van der Waals surface area contributed by atoms with Gasteiger partial charge in [0.05, 0.1) is 38.9 Å². The minimum absolute atomic E-state index is 0.0897. The number of quaternary nitrogens is 1. The minimum atomic E-state index is -4.94. The van der Waals surface area contributed by atoms with E-state index in [-0.39, 0.29) is 5.97 Å². The van der Waals surface area contributed by atoms with E-state index in [4.69, 9.17) is 42.0 Å². The number of nitrogens with one attached hydrogen (secondary N) is 1. The summed E-state index contributed by atoms with van der Waals surface area (Å²) in [7, 11) is -9.89. The van der Waals surface area contributed by atoms with Crippen LogP contribution in [0.1, 0.15) is 37.7 Å². The molecule has 0 atom stereocenters. The summed E-state index contributed by atoms with van der Waals surface area (Å²) in [6.07, 6.45) is 5.66. The fourth-order valence-electron chi connectivity index (χ4n) is 4.42. The molecule has 2 aromatic carbocycles. The van der Waals surface area contributed by atoms with Crippen molar-refractivity contribution in [3.63, 3.8) is 0 Å². The summed E-state index contributed by atoms with van der Waals surface area (Å²) in [6.45, 7) is 3.53. The highest BCUT2D eigenvalue weighted by molar-refractivity contribution is 5.89. The maximum absolute atomic E-state index is 11.9. The van der Waals surface area contributed by atoms with Gasteiger partial charge in [0, 0.05) is 25.0 Å². The number of esters is 1. The molecule has 14 heteroatoms. The molecule has 0 saturated carbocycles. The summed E-state index contributed by atoms with van der Waals surface area (Å²) >= 11 is 0. The van der Waals surface area contributed by atoms with Gasteiger partial charge in [0.25, 0.3) is 0 Å². The number of carbonyl (C=O) groups excluding carboxylic acids is 1. The Balaban J connectivity index is 0.000000435. The molecule has 210 valence electrons. The number of nitrogens with zero attached hydrogens (tertiary/aromatic N) is 1. The summed E-state index contributed by atoms with van der Waals surface area (Å²) in [5.74, 6) is 0.758. The second kappa shape index (κ2) is 15.4. The van der Waals surface area contributed by atoms with Gasteiger partial charge < -0.3 is 9.64 Å². The van der Waals surface area contributed by atoms with Crippen LogP contribution in [0.2, 0.25) is 0 Å². The molecule has 0 radical (unpaired) electrons. The maximum atomic E-state index is 11.9. The number of cyclic esters (lactones) is 1. The Morgan fingerprint density at radius 1 is 0.789 bits per heavy atom. The van der Waals surface area contributed by atoms with E-state index in [0.717, 1.165) is 43.7 Å². The fourth-order valence-corrected chi connectivity index (χ4v) is 4.42. The largest absolute Gasteiger partial charge is 0.374 e. The van der Waals surface area contributed by atoms with Gasteiger partial charge in [-0.1, -0.05) is 48.5 Å². The van der Waals surface area contributed by atoms with E-state index in [1.54, 1.807) is 4.90 Å². The Morgan fingerprint density at radius 3 is 1.79 bits per heavy atom. The molecule has 0 aliphatic carbocycles. The molecule has 0 aromatic heterocycles. The van der Waals surface area contributed by atoms with E-state index in [9.17, 15) is 4.79 Å². The van der Waals surface area contributed by atoms with Crippen LogP contribution in [0.4, 0.5) is 5.69 Å². The van der Waals surface area contributed by atoms with Gasteiger partial charge in [-0.15, -0.1) is 20.5 Å². The van der Waals surface area contributed by atoms with Gasteiger partial charge >= 0.3 is 11.9 Å². The van der Waals surface area contributed by atoms with Gasteiger partial charge in [-0.2, -0.15) is 4.58 Å². The molecule has 0 amide bonds. The molecular formula is C24H30Cl2N2O10. The van der Waals surface area contributed by atoms with Crippen LogP contribution in [0, 0.1) is 20.5 Å². The van der Waals surface area contributed by atoms with Crippen LogP contribution < -0.4 is 42.2 Å². The number of hydrogen-bond acceptors (Lipinski definition) is 10. The molecule has 38 heavy (non-hydrogen) atoms. The standard InChI is InChI=1S/C24H29N2O2.2ClHO4/c27-24-13-7-12-23(28-24)26(21-10-5-2-6-11-21)22-15-18-25(19-16-22)17-14-20-8-3-1-4-9-20;2*2-1(3,4)5/h1-6,8-11,22H,7,12-19H2;2*(H,2,3,4,5)/q+1;;/p-1. The number of carbonyl (C=O) groups is 1. The molecular weight excluding hydrogens is 547 g/mol. The molecule has 2 aromatic rings. The van der Waals surface area contributed by atoms with E-state index in [2.05, 4.69) is 59.2 Å². The van der Waals surface area contributed by atoms with E-state index < -0.39 is 20.5 Å². The molecule has 12 nitrogen and oxygen atoms in total. The summed E-state index contributed by atoms with van der Waals surface area (Å²) < 4.78 is 75.9. The molecule has 2 aliphatic rings. The predicted molar refractivity (Wildman–Crippen MR) is 110 cm³/mol. The van der Waals surface area contributed by atoms with Gasteiger partial charge in [0.1, 0.15) is 0 Å². The lowest BCUT2D eigenvalue weighted by Crippen LogP contribution is -3.13. The van der Waals surface area contributed by atoms with Crippen molar-refractivity contribution < 1.29 is 76.8 Å². The molecule has 2 aliphatic heterocycles. The van der Waals surface area contributed by atoms with Gasteiger partial charge in [0.2, 0.25) is 5.69 Å². The summed E-state index contributed by atoms with van der Waals surface area (Å²) in [5.41, 5.74) is 2.57. The monoisotopic (exact) mass is 576 g/mol. The second-order valence-corrected chi connectivity index (χ2v) is 10.2. The molecule has 2 saturated heterocycles.